The first kappa shape index (κ1) is 41.7. The van der Waals surface area contributed by atoms with Crippen molar-refractivity contribution >= 4 is 41.4 Å². The number of fused-ring (bicyclic) bond motifs is 6. The minimum absolute atomic E-state index is 0.0826. The molecule has 5 aliphatic heterocycles. The summed E-state index contributed by atoms with van der Waals surface area (Å²) in [4.78, 5) is 54.2. The number of nitrogens with one attached hydrogen (secondary N) is 1. The van der Waals surface area contributed by atoms with Crippen LogP contribution in [0, 0.1) is 22.7 Å². The molecule has 6 heterocycles. The number of carbonyl (C=O) groups is 3. The number of methoxy groups -OCH3 is 3. The Morgan fingerprint density at radius 1 is 1.00 bits per heavy atom. The molecule has 3 saturated heterocycles. The van der Waals surface area contributed by atoms with Gasteiger partial charge in [0.15, 0.2) is 6.10 Å². The van der Waals surface area contributed by atoms with E-state index in [1.165, 1.54) is 21.1 Å². The molecule has 1 saturated carbocycles. The molecule has 2 bridgehead atoms. The standard InChI is InChI=1S/C46H60N4O9S/c1-8-42(54)22-27-23-45(40(52)57-6,36-29(13-17-49(24-27)25-42)30-19-28(60)11-12-33(30)47-36)32-20-31-34(21-35(32)56-5)48(4)38-44(31)15-18-50-16-10-14-43(9-2,37(44)50)39(59-26(3)51)46(38,55)41(53)58-7/h10-12,14,19-21,27,32,35,37-39,47,54-55,60H,8-9,13,15-18,22-25H2,1-7H3/t27-,32?,35?,37+,38-,39-,42+,43-,44-,45+,46+/m1/s1. The van der Waals surface area contributed by atoms with Gasteiger partial charge in [-0.1, -0.05) is 32.1 Å². The highest BCUT2D eigenvalue weighted by molar-refractivity contribution is 7.80. The Bertz CT molecular complexity index is 2220. The number of aliphatic hydroxyl groups is 2. The Hall–Kier alpha value is -3.66. The summed E-state index contributed by atoms with van der Waals surface area (Å²) in [7, 11) is 6.24. The molecule has 1 aromatic heterocycles. The molecule has 2 aromatic rings. The normalized spacial score (nSPS) is 40.5. The monoisotopic (exact) mass is 844 g/mol. The molecule has 1 aromatic carbocycles. The van der Waals surface area contributed by atoms with Crippen LogP contribution in [0.1, 0.15) is 64.1 Å². The first-order valence-corrected chi connectivity index (χ1v) is 22.0. The van der Waals surface area contributed by atoms with Gasteiger partial charge in [0.25, 0.3) is 0 Å². The largest absolute Gasteiger partial charge is 0.468 e. The van der Waals surface area contributed by atoms with Gasteiger partial charge < -0.3 is 39.0 Å². The number of likely N-dealkylation sites (tertiary alicyclic amines) is 1. The van der Waals surface area contributed by atoms with E-state index in [-0.39, 0.29) is 12.0 Å². The lowest BCUT2D eigenvalue weighted by molar-refractivity contribution is -0.243. The second-order valence-electron chi connectivity index (χ2n) is 18.7. The second kappa shape index (κ2) is 14.5. The number of aromatic nitrogens is 1. The average molecular weight is 845 g/mol. The molecule has 60 heavy (non-hydrogen) atoms. The molecule has 324 valence electrons. The van der Waals surface area contributed by atoms with Gasteiger partial charge in [0.05, 0.1) is 32.0 Å². The number of benzene rings is 1. The number of allylic oxidation sites excluding steroid dienone is 1. The van der Waals surface area contributed by atoms with Gasteiger partial charge in [0.1, 0.15) is 5.41 Å². The van der Waals surface area contributed by atoms with Gasteiger partial charge >= 0.3 is 17.9 Å². The number of hydrogen-bond acceptors (Lipinski definition) is 13. The summed E-state index contributed by atoms with van der Waals surface area (Å²) in [6, 6.07) is 4.82. The van der Waals surface area contributed by atoms with E-state index in [4.69, 9.17) is 31.6 Å². The molecule has 2 aliphatic carbocycles. The van der Waals surface area contributed by atoms with Crippen LogP contribution in [0.2, 0.25) is 0 Å². The topological polar surface area (TPSA) is 154 Å². The van der Waals surface area contributed by atoms with E-state index in [0.717, 1.165) is 38.3 Å². The Morgan fingerprint density at radius 3 is 2.45 bits per heavy atom. The van der Waals surface area contributed by atoms with E-state index in [9.17, 15) is 19.8 Å². The molecule has 0 amide bonds. The van der Waals surface area contributed by atoms with Crippen LogP contribution in [-0.4, -0.2) is 144 Å². The van der Waals surface area contributed by atoms with Crippen molar-refractivity contribution < 1.29 is 43.5 Å². The summed E-state index contributed by atoms with van der Waals surface area (Å²) in [5, 5.41) is 26.4. The number of aromatic amines is 1. The van der Waals surface area contributed by atoms with E-state index in [1.807, 2.05) is 37.9 Å². The zero-order valence-corrected chi connectivity index (χ0v) is 36.7. The number of piperidine rings is 1. The van der Waals surface area contributed by atoms with Gasteiger partial charge in [0, 0.05) is 97.2 Å². The van der Waals surface area contributed by atoms with Crippen LogP contribution in [0.3, 0.4) is 0 Å². The lowest BCUT2D eigenvalue weighted by atomic mass is 9.47. The molecule has 3 unspecified atom stereocenters. The minimum Gasteiger partial charge on any atom is -0.468 e. The third-order valence-corrected chi connectivity index (χ3v) is 16.4. The number of likely N-dealkylation sites (N-methyl/N-ethyl adjacent to an activating group) is 1. The maximum absolute atomic E-state index is 15.4. The Kier molecular flexibility index (Phi) is 10.0. The molecular weight excluding hydrogens is 785 g/mol. The zero-order valence-electron chi connectivity index (χ0n) is 35.8. The van der Waals surface area contributed by atoms with Crippen LogP contribution in [-0.2, 0) is 45.2 Å². The van der Waals surface area contributed by atoms with Crippen molar-refractivity contribution in [2.45, 2.75) is 105 Å². The fraction of sp³-hybridized carbons (Fsp3) is 0.630. The van der Waals surface area contributed by atoms with Gasteiger partial charge in [-0.3, -0.25) is 19.4 Å². The summed E-state index contributed by atoms with van der Waals surface area (Å²) in [5.41, 5.74) is -2.02. The highest BCUT2D eigenvalue weighted by Gasteiger charge is 2.81. The third kappa shape index (κ3) is 5.46. The molecule has 3 N–H and O–H groups in total. The first-order chi connectivity index (χ1) is 28.6. The first-order valence-electron chi connectivity index (χ1n) is 21.6. The fourth-order valence-electron chi connectivity index (χ4n) is 14.0. The molecule has 9 rings (SSSR count). The predicted octanol–water partition coefficient (Wildman–Crippen LogP) is 3.92. The summed E-state index contributed by atoms with van der Waals surface area (Å²) in [5.74, 6) is -2.59. The van der Waals surface area contributed by atoms with Crippen molar-refractivity contribution in [1.82, 2.24) is 19.7 Å². The zero-order chi connectivity index (χ0) is 42.7. The number of carbonyl (C=O) groups excluding carboxylic acids is 3. The van der Waals surface area contributed by atoms with E-state index < -0.39 is 69.5 Å². The Balaban J connectivity index is 1.33. The second-order valence-corrected chi connectivity index (χ2v) is 19.3. The van der Waals surface area contributed by atoms with Crippen molar-refractivity contribution in [3.8, 4) is 0 Å². The summed E-state index contributed by atoms with van der Waals surface area (Å²) in [6.45, 7) is 8.64. The molecule has 4 fully saturated rings. The number of rotatable bonds is 7. The van der Waals surface area contributed by atoms with Gasteiger partial charge in [-0.05, 0) is 86.4 Å². The van der Waals surface area contributed by atoms with Crippen LogP contribution in [0.25, 0.3) is 10.9 Å². The highest BCUT2D eigenvalue weighted by atomic mass is 32.1. The number of hydrogen-bond donors (Lipinski definition) is 4. The van der Waals surface area contributed by atoms with Crippen LogP contribution < -0.4 is 0 Å². The number of ether oxygens (including phenoxy) is 4. The van der Waals surface area contributed by atoms with Crippen LogP contribution in [0.15, 0.2) is 58.7 Å². The van der Waals surface area contributed by atoms with Gasteiger partial charge in [-0.25, -0.2) is 4.79 Å². The summed E-state index contributed by atoms with van der Waals surface area (Å²) < 4.78 is 24.1. The van der Waals surface area contributed by atoms with E-state index in [2.05, 4.69) is 45.2 Å². The molecule has 14 heteroatoms. The molecule has 7 aliphatic rings. The van der Waals surface area contributed by atoms with E-state index in [1.54, 1.807) is 7.11 Å². The number of thiol groups is 1. The van der Waals surface area contributed by atoms with Gasteiger partial charge in [-0.15, -0.1) is 12.6 Å². The molecular formula is C46H60N4O9S. The highest BCUT2D eigenvalue weighted by Crippen LogP contribution is 2.70. The van der Waals surface area contributed by atoms with E-state index >= 15 is 4.79 Å². The van der Waals surface area contributed by atoms with Crippen molar-refractivity contribution in [2.75, 3.05) is 61.1 Å². The molecule has 1 spiro atoms. The molecule has 12 atom stereocenters. The lowest BCUT2D eigenvalue weighted by Crippen LogP contribution is -2.79. The Morgan fingerprint density at radius 2 is 1.77 bits per heavy atom. The van der Waals surface area contributed by atoms with Crippen molar-refractivity contribution in [1.29, 1.82) is 0 Å². The predicted molar refractivity (Wildman–Crippen MR) is 226 cm³/mol. The van der Waals surface area contributed by atoms with Gasteiger partial charge in [0.2, 0.25) is 5.60 Å². The third-order valence-electron chi connectivity index (χ3n) is 16.1. The molecule has 13 nitrogen and oxygen atoms in total. The minimum atomic E-state index is -2.29. The summed E-state index contributed by atoms with van der Waals surface area (Å²) >= 11 is 4.75. The van der Waals surface area contributed by atoms with Crippen LogP contribution in [0.5, 0.6) is 0 Å². The number of H-pyrrole nitrogens is 1. The van der Waals surface area contributed by atoms with Crippen LogP contribution >= 0.6 is 12.6 Å². The van der Waals surface area contributed by atoms with Gasteiger partial charge in [-0.2, -0.15) is 0 Å². The lowest BCUT2D eigenvalue weighted by Gasteiger charge is -2.63. The maximum Gasteiger partial charge on any atom is 0.344 e. The number of nitrogens with zero attached hydrogens (tertiary/aromatic N) is 3. The average Bonchev–Trinajstić information content (AvgIpc) is 3.89. The van der Waals surface area contributed by atoms with Crippen LogP contribution in [0.4, 0.5) is 0 Å². The van der Waals surface area contributed by atoms with Crippen molar-refractivity contribution in [2.24, 2.45) is 22.7 Å². The fourth-order valence-corrected chi connectivity index (χ4v) is 14.2. The Labute approximate surface area is 357 Å². The summed E-state index contributed by atoms with van der Waals surface area (Å²) in [6.07, 6.45) is 9.63. The quantitative estimate of drug-likeness (QED) is 0.138. The van der Waals surface area contributed by atoms with Crippen molar-refractivity contribution in [3.63, 3.8) is 0 Å². The van der Waals surface area contributed by atoms with E-state index in [0.29, 0.717) is 71.2 Å². The SMILES string of the molecule is CC[C@]1(O)C[C@H]2CN(CCc3c([nH]c4ccc(S)cc34)[C@@](C(=O)OC)(C3C=C4C(=CC3OC)N(C)[C@H]3[C@@](O)(C(=O)OC)[C@H](OC(C)=O)[C@]5(CC)C=CCN6CC[C@]43[C@@H]65)C2)C1. The smallest absolute Gasteiger partial charge is 0.344 e. The molecule has 0 radical (unpaired) electrons. The maximum atomic E-state index is 15.4. The number of esters is 3. The van der Waals surface area contributed by atoms with Crippen molar-refractivity contribution in [3.05, 3.63) is 65.0 Å².